The fourth-order valence-corrected chi connectivity index (χ4v) is 4.22. The van der Waals surface area contributed by atoms with E-state index in [-0.39, 0.29) is 12.5 Å². The number of rotatable bonds is 9. The third kappa shape index (κ3) is 6.00. The molecular formula is C23H31N3O5S. The van der Waals surface area contributed by atoms with Crippen molar-refractivity contribution in [2.24, 2.45) is 0 Å². The van der Waals surface area contributed by atoms with Crippen LogP contribution in [0.1, 0.15) is 23.6 Å². The molecule has 2 aromatic rings. The highest BCUT2D eigenvalue weighted by molar-refractivity contribution is 7.92. The molecule has 1 N–H and O–H groups in total. The fraction of sp³-hybridized carbons (Fsp3) is 0.391. The second-order valence-corrected chi connectivity index (χ2v) is 9.56. The highest BCUT2D eigenvalue weighted by Crippen LogP contribution is 2.25. The fourth-order valence-electron chi connectivity index (χ4n) is 3.32. The third-order valence-electron chi connectivity index (χ3n) is 5.45. The van der Waals surface area contributed by atoms with Gasteiger partial charge in [-0.1, -0.05) is 24.3 Å². The highest BCUT2D eigenvalue weighted by Gasteiger charge is 2.30. The smallest absolute Gasteiger partial charge is 0.244 e. The van der Waals surface area contributed by atoms with Crippen molar-refractivity contribution in [3.8, 4) is 5.75 Å². The molecule has 0 radical (unpaired) electrons. The first-order valence-corrected chi connectivity index (χ1v) is 12.0. The lowest BCUT2D eigenvalue weighted by atomic mass is 10.1. The number of benzene rings is 2. The Morgan fingerprint density at radius 2 is 1.72 bits per heavy atom. The second-order valence-electron chi connectivity index (χ2n) is 7.65. The summed E-state index contributed by atoms with van der Waals surface area (Å²) in [5, 5.41) is 2.55. The molecule has 0 saturated carbocycles. The Hall–Kier alpha value is -3.07. The van der Waals surface area contributed by atoms with Crippen LogP contribution in [0.25, 0.3) is 0 Å². The van der Waals surface area contributed by atoms with Crippen LogP contribution in [0, 0.1) is 13.8 Å². The van der Waals surface area contributed by atoms with E-state index in [1.165, 1.54) is 11.9 Å². The molecule has 2 aromatic carbocycles. The van der Waals surface area contributed by atoms with E-state index < -0.39 is 28.5 Å². The van der Waals surface area contributed by atoms with Gasteiger partial charge in [0.1, 0.15) is 18.3 Å². The van der Waals surface area contributed by atoms with Gasteiger partial charge in [0, 0.05) is 13.6 Å². The zero-order valence-electron chi connectivity index (χ0n) is 19.4. The van der Waals surface area contributed by atoms with Crippen LogP contribution >= 0.6 is 0 Å². The summed E-state index contributed by atoms with van der Waals surface area (Å²) < 4.78 is 31.5. The summed E-state index contributed by atoms with van der Waals surface area (Å²) in [6.07, 6.45) is 1.07. The van der Waals surface area contributed by atoms with E-state index in [2.05, 4.69) is 5.32 Å². The molecule has 8 nitrogen and oxygen atoms in total. The van der Waals surface area contributed by atoms with Gasteiger partial charge in [0.2, 0.25) is 21.8 Å². The molecule has 0 bridgehead atoms. The average Bonchev–Trinajstić information content (AvgIpc) is 2.76. The number of methoxy groups -OCH3 is 1. The van der Waals surface area contributed by atoms with Crippen LogP contribution in [0.5, 0.6) is 5.75 Å². The number of carbonyl (C=O) groups excluding carboxylic acids is 2. The molecule has 32 heavy (non-hydrogen) atoms. The Morgan fingerprint density at radius 1 is 1.09 bits per heavy atom. The summed E-state index contributed by atoms with van der Waals surface area (Å²) in [6.45, 7) is 5.03. The van der Waals surface area contributed by atoms with Crippen molar-refractivity contribution >= 4 is 27.5 Å². The first-order chi connectivity index (χ1) is 15.0. The van der Waals surface area contributed by atoms with Crippen LogP contribution in [0.3, 0.4) is 0 Å². The van der Waals surface area contributed by atoms with Gasteiger partial charge in [0.25, 0.3) is 0 Å². The maximum atomic E-state index is 13.4. The Kier molecular flexibility index (Phi) is 8.26. The van der Waals surface area contributed by atoms with Crippen LogP contribution < -0.4 is 14.4 Å². The van der Waals surface area contributed by atoms with Crippen molar-refractivity contribution in [2.75, 3.05) is 31.3 Å². The lowest BCUT2D eigenvalue weighted by Crippen LogP contribution is -2.50. The Morgan fingerprint density at radius 3 is 2.25 bits per heavy atom. The Balaban J connectivity index is 2.41. The number of sulfonamides is 1. The maximum Gasteiger partial charge on any atom is 0.244 e. The molecule has 0 aliphatic heterocycles. The minimum Gasteiger partial charge on any atom is -0.497 e. The van der Waals surface area contributed by atoms with Crippen molar-refractivity contribution in [1.82, 2.24) is 10.2 Å². The predicted molar refractivity (Wildman–Crippen MR) is 125 cm³/mol. The molecule has 2 rings (SSSR count). The molecule has 2 amide bonds. The van der Waals surface area contributed by atoms with Gasteiger partial charge in [-0.05, 0) is 55.7 Å². The highest BCUT2D eigenvalue weighted by atomic mass is 32.2. The number of anilines is 1. The standard InChI is InChI=1S/C23H31N3O5S/c1-16-8-7-9-21(17(16)2)26(32(6,29)30)15-22(27)25(18(3)23(28)24-4)14-19-10-12-20(31-5)13-11-19/h7-13,18H,14-15H2,1-6H3,(H,24,28). The van der Waals surface area contributed by atoms with E-state index >= 15 is 0 Å². The first kappa shape index (κ1) is 25.2. The maximum absolute atomic E-state index is 13.4. The summed E-state index contributed by atoms with van der Waals surface area (Å²) in [4.78, 5) is 27.1. The number of hydrogen-bond donors (Lipinski definition) is 1. The molecule has 0 aliphatic rings. The summed E-state index contributed by atoms with van der Waals surface area (Å²) in [6, 6.07) is 11.6. The van der Waals surface area contributed by atoms with E-state index in [0.717, 1.165) is 27.3 Å². The summed E-state index contributed by atoms with van der Waals surface area (Å²) >= 11 is 0. The number of ether oxygens (including phenoxy) is 1. The minimum absolute atomic E-state index is 0.141. The van der Waals surface area contributed by atoms with Crippen molar-refractivity contribution < 1.29 is 22.7 Å². The number of amides is 2. The number of nitrogens with one attached hydrogen (secondary N) is 1. The molecular weight excluding hydrogens is 430 g/mol. The van der Waals surface area contributed by atoms with Gasteiger partial charge < -0.3 is 15.0 Å². The quantitative estimate of drug-likeness (QED) is 0.618. The van der Waals surface area contributed by atoms with E-state index in [0.29, 0.717) is 11.4 Å². The largest absolute Gasteiger partial charge is 0.497 e. The lowest BCUT2D eigenvalue weighted by molar-refractivity contribution is -0.139. The van der Waals surface area contributed by atoms with Gasteiger partial charge in [-0.3, -0.25) is 13.9 Å². The SMILES string of the molecule is CNC(=O)C(C)N(Cc1ccc(OC)cc1)C(=O)CN(c1cccc(C)c1C)S(C)(=O)=O. The van der Waals surface area contributed by atoms with Crippen LogP contribution in [0.2, 0.25) is 0 Å². The number of likely N-dealkylation sites (N-methyl/N-ethyl adjacent to an activating group) is 1. The number of nitrogens with zero attached hydrogens (tertiary/aromatic N) is 2. The number of hydrogen-bond acceptors (Lipinski definition) is 5. The molecule has 0 aliphatic carbocycles. The van der Waals surface area contributed by atoms with E-state index in [1.54, 1.807) is 50.4 Å². The van der Waals surface area contributed by atoms with Crippen molar-refractivity contribution in [1.29, 1.82) is 0 Å². The van der Waals surface area contributed by atoms with Gasteiger partial charge in [0.15, 0.2) is 0 Å². The molecule has 0 saturated heterocycles. The molecule has 1 atom stereocenters. The molecule has 0 heterocycles. The number of aryl methyl sites for hydroxylation is 1. The molecule has 0 spiro atoms. The molecule has 0 aromatic heterocycles. The molecule has 1 unspecified atom stereocenters. The Labute approximate surface area is 190 Å². The van der Waals surface area contributed by atoms with Gasteiger partial charge in [-0.15, -0.1) is 0 Å². The van der Waals surface area contributed by atoms with E-state index in [4.69, 9.17) is 4.74 Å². The zero-order valence-corrected chi connectivity index (χ0v) is 20.2. The van der Waals surface area contributed by atoms with E-state index in [9.17, 15) is 18.0 Å². The summed E-state index contributed by atoms with van der Waals surface area (Å²) in [5.74, 6) is -0.156. The zero-order chi connectivity index (χ0) is 24.1. The predicted octanol–water partition coefficient (Wildman–Crippen LogP) is 2.24. The second kappa shape index (κ2) is 10.5. The number of carbonyl (C=O) groups is 2. The van der Waals surface area contributed by atoms with Gasteiger partial charge in [-0.2, -0.15) is 0 Å². The molecule has 174 valence electrons. The molecule has 0 fully saturated rings. The van der Waals surface area contributed by atoms with Crippen LogP contribution in [0.15, 0.2) is 42.5 Å². The Bertz CT molecular complexity index is 1070. The van der Waals surface area contributed by atoms with Gasteiger partial charge in [0.05, 0.1) is 19.1 Å². The van der Waals surface area contributed by atoms with Gasteiger partial charge in [-0.25, -0.2) is 8.42 Å². The van der Waals surface area contributed by atoms with Crippen molar-refractivity contribution in [3.05, 3.63) is 59.2 Å². The van der Waals surface area contributed by atoms with Gasteiger partial charge >= 0.3 is 0 Å². The molecule has 9 heteroatoms. The van der Waals surface area contributed by atoms with Crippen molar-refractivity contribution in [3.63, 3.8) is 0 Å². The first-order valence-electron chi connectivity index (χ1n) is 10.2. The minimum atomic E-state index is -3.75. The average molecular weight is 462 g/mol. The van der Waals surface area contributed by atoms with Crippen molar-refractivity contribution in [2.45, 2.75) is 33.4 Å². The third-order valence-corrected chi connectivity index (χ3v) is 6.58. The lowest BCUT2D eigenvalue weighted by Gasteiger charge is -2.31. The topological polar surface area (TPSA) is 96.0 Å². The van der Waals surface area contributed by atoms with Crippen LogP contribution in [-0.4, -0.2) is 58.1 Å². The van der Waals surface area contributed by atoms with Crippen LogP contribution in [-0.2, 0) is 26.2 Å². The normalized spacial score (nSPS) is 12.1. The summed E-state index contributed by atoms with van der Waals surface area (Å²) in [5.41, 5.74) is 2.91. The van der Waals surface area contributed by atoms with E-state index in [1.807, 2.05) is 19.9 Å². The monoisotopic (exact) mass is 461 g/mol. The van der Waals surface area contributed by atoms with Crippen LogP contribution in [0.4, 0.5) is 5.69 Å². The summed E-state index contributed by atoms with van der Waals surface area (Å²) in [7, 11) is -0.696.